The van der Waals surface area contributed by atoms with Crippen LogP contribution in [-0.2, 0) is 7.05 Å². The third kappa shape index (κ3) is 3.76. The number of benzene rings is 2. The highest BCUT2D eigenvalue weighted by Crippen LogP contribution is 2.22. The number of rotatable bonds is 5. The first-order chi connectivity index (χ1) is 14.4. The van der Waals surface area contributed by atoms with E-state index in [2.05, 4.69) is 27.0 Å². The number of hydrogen-bond donors (Lipinski definition) is 1. The summed E-state index contributed by atoms with van der Waals surface area (Å²) in [6, 6.07) is 17.2. The summed E-state index contributed by atoms with van der Waals surface area (Å²) in [6.45, 7) is 4.10. The zero-order valence-corrected chi connectivity index (χ0v) is 17.1. The Hall–Kier alpha value is -3.67. The van der Waals surface area contributed by atoms with Gasteiger partial charge in [0.15, 0.2) is 0 Å². The van der Waals surface area contributed by atoms with Gasteiger partial charge in [0.05, 0.1) is 0 Å². The fraction of sp³-hybridized carbons (Fsp3) is 0.167. The molecular formula is C24H23FN4O. The van der Waals surface area contributed by atoms with Crippen molar-refractivity contribution in [3.05, 3.63) is 107 Å². The second kappa shape index (κ2) is 7.99. The lowest BCUT2D eigenvalue weighted by molar-refractivity contribution is 0.0941. The van der Waals surface area contributed by atoms with Crippen LogP contribution in [0.15, 0.2) is 73.1 Å². The zero-order chi connectivity index (χ0) is 21.3. The van der Waals surface area contributed by atoms with Gasteiger partial charge >= 0.3 is 0 Å². The lowest BCUT2D eigenvalue weighted by atomic mass is 10.0. The summed E-state index contributed by atoms with van der Waals surface area (Å²) in [7, 11) is 1.86. The monoisotopic (exact) mass is 402 g/mol. The van der Waals surface area contributed by atoms with E-state index < -0.39 is 6.04 Å². The molecule has 0 saturated heterocycles. The summed E-state index contributed by atoms with van der Waals surface area (Å²) in [5.74, 6) is 0.125. The van der Waals surface area contributed by atoms with E-state index in [1.54, 1.807) is 18.3 Å². The predicted octanol–water partition coefficient (Wildman–Crippen LogP) is 4.49. The average molecular weight is 402 g/mol. The predicted molar refractivity (Wildman–Crippen MR) is 114 cm³/mol. The molecule has 4 rings (SSSR count). The van der Waals surface area contributed by atoms with Gasteiger partial charge in [0.25, 0.3) is 5.91 Å². The molecule has 0 aliphatic carbocycles. The molecule has 1 amide bonds. The minimum Gasteiger partial charge on any atom is -0.338 e. The molecule has 0 fully saturated rings. The highest BCUT2D eigenvalue weighted by Gasteiger charge is 2.21. The molecule has 0 bridgehead atoms. The molecule has 0 radical (unpaired) electrons. The van der Waals surface area contributed by atoms with E-state index >= 15 is 0 Å². The maximum Gasteiger partial charge on any atom is 0.252 e. The van der Waals surface area contributed by atoms with Crippen LogP contribution in [0.25, 0.3) is 5.69 Å². The van der Waals surface area contributed by atoms with Crippen LogP contribution < -0.4 is 5.32 Å². The summed E-state index contributed by atoms with van der Waals surface area (Å²) in [5, 5.41) is 3.04. The van der Waals surface area contributed by atoms with Gasteiger partial charge in [-0.2, -0.15) is 0 Å². The summed E-state index contributed by atoms with van der Waals surface area (Å²) in [5.41, 5.74) is 4.58. The molecule has 0 saturated carbocycles. The third-order valence-corrected chi connectivity index (χ3v) is 5.25. The van der Waals surface area contributed by atoms with Gasteiger partial charge in [-0.3, -0.25) is 4.79 Å². The van der Waals surface area contributed by atoms with E-state index in [4.69, 9.17) is 0 Å². The number of nitrogens with zero attached hydrogens (tertiary/aromatic N) is 3. The van der Waals surface area contributed by atoms with Crippen molar-refractivity contribution in [1.82, 2.24) is 19.4 Å². The maximum absolute atomic E-state index is 13.4. The number of halogens is 1. The Kier molecular flexibility index (Phi) is 5.23. The van der Waals surface area contributed by atoms with Crippen LogP contribution in [0.5, 0.6) is 0 Å². The first-order valence-corrected chi connectivity index (χ1v) is 9.73. The summed E-state index contributed by atoms with van der Waals surface area (Å²) < 4.78 is 17.4. The largest absolute Gasteiger partial charge is 0.338 e. The lowest BCUT2D eigenvalue weighted by Crippen LogP contribution is -2.31. The number of carbonyl (C=O) groups excluding carboxylic acids is 1. The number of nitrogens with one attached hydrogen (secondary N) is 1. The summed E-state index contributed by atoms with van der Waals surface area (Å²) >= 11 is 0. The Morgan fingerprint density at radius 1 is 0.967 bits per heavy atom. The highest BCUT2D eigenvalue weighted by molar-refractivity contribution is 5.94. The minimum absolute atomic E-state index is 0.222. The smallest absolute Gasteiger partial charge is 0.252 e. The first-order valence-electron chi connectivity index (χ1n) is 9.73. The molecule has 2 heterocycles. The molecule has 2 aromatic carbocycles. The summed E-state index contributed by atoms with van der Waals surface area (Å²) in [6.07, 6.45) is 3.49. The van der Waals surface area contributed by atoms with Crippen LogP contribution >= 0.6 is 0 Å². The Labute approximate surface area is 174 Å². The molecule has 2 aromatic heterocycles. The SMILES string of the molecule is Cc1ccc(C)n1-c1ccc(C(=O)NC(c2ccc(F)cc2)c2nccn2C)cc1. The Bertz CT molecular complexity index is 1150. The van der Waals surface area contributed by atoms with E-state index in [0.29, 0.717) is 11.4 Å². The zero-order valence-electron chi connectivity index (χ0n) is 17.1. The van der Waals surface area contributed by atoms with Gasteiger partial charge < -0.3 is 14.5 Å². The van der Waals surface area contributed by atoms with Gasteiger partial charge in [-0.05, 0) is 67.9 Å². The molecule has 0 spiro atoms. The van der Waals surface area contributed by atoms with Crippen LogP contribution in [0, 0.1) is 19.7 Å². The number of hydrogen-bond acceptors (Lipinski definition) is 2. The van der Waals surface area contributed by atoms with Crippen molar-refractivity contribution < 1.29 is 9.18 Å². The second-order valence-corrected chi connectivity index (χ2v) is 7.35. The molecule has 1 atom stereocenters. The molecule has 152 valence electrons. The van der Waals surface area contributed by atoms with Crippen molar-refractivity contribution in [3.63, 3.8) is 0 Å². The van der Waals surface area contributed by atoms with E-state index in [-0.39, 0.29) is 11.7 Å². The normalized spacial score (nSPS) is 12.0. The van der Waals surface area contributed by atoms with Gasteiger partial charge in [0, 0.05) is 42.1 Å². The molecular weight excluding hydrogens is 379 g/mol. The quantitative estimate of drug-likeness (QED) is 0.535. The molecule has 0 aliphatic heterocycles. The van der Waals surface area contributed by atoms with Crippen LogP contribution in [0.2, 0.25) is 0 Å². The van der Waals surface area contributed by atoms with E-state index in [0.717, 1.165) is 22.6 Å². The number of aromatic nitrogens is 3. The first kappa shape index (κ1) is 19.6. The van der Waals surface area contributed by atoms with Gasteiger partial charge in [-0.15, -0.1) is 0 Å². The van der Waals surface area contributed by atoms with E-state index in [9.17, 15) is 9.18 Å². The average Bonchev–Trinajstić information content (AvgIpc) is 3.31. The number of aryl methyl sites for hydroxylation is 3. The Morgan fingerprint density at radius 2 is 1.60 bits per heavy atom. The van der Waals surface area contributed by atoms with Crippen LogP contribution in [0.1, 0.15) is 39.2 Å². The standard InChI is InChI=1S/C24H23FN4O/c1-16-4-5-17(2)29(16)21-12-8-19(9-13-21)24(30)27-22(23-26-14-15-28(23)3)18-6-10-20(25)11-7-18/h4-15,22H,1-3H3,(H,27,30). The number of carbonyl (C=O) groups is 1. The molecule has 6 heteroatoms. The van der Waals surface area contributed by atoms with Crippen LogP contribution in [0.4, 0.5) is 4.39 Å². The molecule has 5 nitrogen and oxygen atoms in total. The van der Waals surface area contributed by atoms with E-state index in [1.807, 2.05) is 55.9 Å². The van der Waals surface area contributed by atoms with Gasteiger partial charge in [-0.25, -0.2) is 9.37 Å². The number of amides is 1. The van der Waals surface area contributed by atoms with Crippen molar-refractivity contribution in [2.24, 2.45) is 7.05 Å². The van der Waals surface area contributed by atoms with Crippen molar-refractivity contribution in [2.45, 2.75) is 19.9 Å². The fourth-order valence-electron chi connectivity index (χ4n) is 3.66. The van der Waals surface area contributed by atoms with Gasteiger partial charge in [-0.1, -0.05) is 12.1 Å². The highest BCUT2D eigenvalue weighted by atomic mass is 19.1. The Morgan fingerprint density at radius 3 is 2.17 bits per heavy atom. The van der Waals surface area contributed by atoms with Gasteiger partial charge in [0.2, 0.25) is 0 Å². The van der Waals surface area contributed by atoms with Crippen molar-refractivity contribution >= 4 is 5.91 Å². The third-order valence-electron chi connectivity index (χ3n) is 5.25. The molecule has 0 aliphatic rings. The minimum atomic E-state index is -0.494. The topological polar surface area (TPSA) is 51.9 Å². The molecule has 1 N–H and O–H groups in total. The van der Waals surface area contributed by atoms with Crippen LogP contribution in [-0.4, -0.2) is 20.0 Å². The molecule has 1 unspecified atom stereocenters. The van der Waals surface area contributed by atoms with Crippen molar-refractivity contribution in [2.75, 3.05) is 0 Å². The maximum atomic E-state index is 13.4. The second-order valence-electron chi connectivity index (χ2n) is 7.35. The lowest BCUT2D eigenvalue weighted by Gasteiger charge is -2.19. The molecule has 30 heavy (non-hydrogen) atoms. The molecule has 4 aromatic rings. The number of imidazole rings is 1. The van der Waals surface area contributed by atoms with E-state index in [1.165, 1.54) is 12.1 Å². The fourth-order valence-corrected chi connectivity index (χ4v) is 3.66. The van der Waals surface area contributed by atoms with Crippen molar-refractivity contribution in [3.8, 4) is 5.69 Å². The summed E-state index contributed by atoms with van der Waals surface area (Å²) in [4.78, 5) is 17.4. The van der Waals surface area contributed by atoms with Gasteiger partial charge in [0.1, 0.15) is 17.7 Å². The van der Waals surface area contributed by atoms with Crippen LogP contribution in [0.3, 0.4) is 0 Å². The Balaban J connectivity index is 1.61. The van der Waals surface area contributed by atoms with Crippen molar-refractivity contribution in [1.29, 1.82) is 0 Å².